The molecule has 98 valence electrons. The third kappa shape index (κ3) is 2.48. The van der Waals surface area contributed by atoms with Gasteiger partial charge in [-0.15, -0.1) is 0 Å². The van der Waals surface area contributed by atoms with Gasteiger partial charge in [0.1, 0.15) is 11.5 Å². The molecule has 1 fully saturated rings. The van der Waals surface area contributed by atoms with Gasteiger partial charge in [-0.1, -0.05) is 6.07 Å². The van der Waals surface area contributed by atoms with E-state index in [2.05, 4.69) is 27.8 Å². The molecule has 0 saturated carbocycles. The molecular weight excluding hydrogens is 229 g/mol. The molecule has 1 aromatic heterocycles. The fourth-order valence-electron chi connectivity index (χ4n) is 2.79. The summed E-state index contributed by atoms with van der Waals surface area (Å²) < 4.78 is 14.2. The number of hydrogen-bond acceptors (Lipinski definition) is 3. The zero-order chi connectivity index (χ0) is 12.4. The van der Waals surface area contributed by atoms with Gasteiger partial charge in [0.25, 0.3) is 0 Å². The molecule has 3 nitrogen and oxygen atoms in total. The molecular formula is C14H20FN3. The number of halogens is 1. The van der Waals surface area contributed by atoms with E-state index in [1.54, 1.807) is 0 Å². The topological polar surface area (TPSA) is 37.0 Å². The van der Waals surface area contributed by atoms with Crippen LogP contribution in [0.25, 0.3) is 0 Å². The highest BCUT2D eigenvalue weighted by Crippen LogP contribution is 2.26. The third-order valence-electron chi connectivity index (χ3n) is 3.97. The van der Waals surface area contributed by atoms with Crippen LogP contribution in [0, 0.1) is 0 Å². The average molecular weight is 249 g/mol. The number of pyridine rings is 1. The van der Waals surface area contributed by atoms with Crippen LogP contribution in [0.1, 0.15) is 30.5 Å². The lowest BCUT2D eigenvalue weighted by Gasteiger charge is -2.20. The van der Waals surface area contributed by atoms with Crippen LogP contribution in [0.3, 0.4) is 0 Å². The Labute approximate surface area is 107 Å². The van der Waals surface area contributed by atoms with Crippen molar-refractivity contribution in [1.82, 2.24) is 10.3 Å². The SMILES string of the molecule is FC1(CCc2ccc3c(n2)NCCC3)CCNC1. The molecule has 3 heterocycles. The Kier molecular flexibility index (Phi) is 3.20. The predicted molar refractivity (Wildman–Crippen MR) is 70.7 cm³/mol. The van der Waals surface area contributed by atoms with Gasteiger partial charge in [-0.25, -0.2) is 9.37 Å². The van der Waals surface area contributed by atoms with Crippen LogP contribution >= 0.6 is 0 Å². The van der Waals surface area contributed by atoms with E-state index in [1.165, 1.54) is 12.0 Å². The van der Waals surface area contributed by atoms with E-state index < -0.39 is 5.67 Å². The van der Waals surface area contributed by atoms with E-state index in [4.69, 9.17) is 0 Å². The quantitative estimate of drug-likeness (QED) is 0.861. The highest BCUT2D eigenvalue weighted by atomic mass is 19.1. The van der Waals surface area contributed by atoms with Crippen molar-refractivity contribution in [3.8, 4) is 0 Å². The van der Waals surface area contributed by atoms with Crippen molar-refractivity contribution in [2.45, 2.75) is 37.8 Å². The first kappa shape index (κ1) is 11.9. The minimum atomic E-state index is -1.02. The van der Waals surface area contributed by atoms with Gasteiger partial charge in [-0.2, -0.15) is 0 Å². The summed E-state index contributed by atoms with van der Waals surface area (Å²) in [5, 5.41) is 6.41. The number of fused-ring (bicyclic) bond motifs is 1. The summed E-state index contributed by atoms with van der Waals surface area (Å²) >= 11 is 0. The number of aryl methyl sites for hydroxylation is 2. The fraction of sp³-hybridized carbons (Fsp3) is 0.643. The van der Waals surface area contributed by atoms with Gasteiger partial charge in [0.05, 0.1) is 0 Å². The molecule has 0 amide bonds. The standard InChI is InChI=1S/C14H20FN3/c15-14(7-9-16-10-14)6-5-12-4-3-11-2-1-8-17-13(11)18-12/h3-4,16H,1-2,5-10H2,(H,17,18). The Hall–Kier alpha value is -1.16. The molecule has 3 rings (SSSR count). The molecule has 1 saturated heterocycles. The summed E-state index contributed by atoms with van der Waals surface area (Å²) in [6.07, 6.45) is 4.22. The third-order valence-corrected chi connectivity index (χ3v) is 3.97. The highest BCUT2D eigenvalue weighted by Gasteiger charge is 2.33. The largest absolute Gasteiger partial charge is 0.370 e. The summed E-state index contributed by atoms with van der Waals surface area (Å²) in [5.41, 5.74) is 1.28. The molecule has 1 unspecified atom stereocenters. The van der Waals surface area contributed by atoms with Gasteiger partial charge < -0.3 is 10.6 Å². The Morgan fingerprint density at radius 3 is 3.11 bits per heavy atom. The van der Waals surface area contributed by atoms with Crippen molar-refractivity contribution in [3.63, 3.8) is 0 Å². The first-order valence-electron chi connectivity index (χ1n) is 6.88. The van der Waals surface area contributed by atoms with Crippen LogP contribution in [0.2, 0.25) is 0 Å². The van der Waals surface area contributed by atoms with Gasteiger partial charge in [-0.05, 0) is 50.3 Å². The normalized spacial score (nSPS) is 26.7. The molecule has 2 aliphatic rings. The van der Waals surface area contributed by atoms with Crippen LogP contribution in [-0.4, -0.2) is 30.3 Å². The summed E-state index contributed by atoms with van der Waals surface area (Å²) in [7, 11) is 0. The molecule has 18 heavy (non-hydrogen) atoms. The Bertz CT molecular complexity index is 427. The molecule has 2 N–H and O–H groups in total. The molecule has 4 heteroatoms. The van der Waals surface area contributed by atoms with E-state index >= 15 is 0 Å². The minimum absolute atomic E-state index is 0.496. The molecule has 0 spiro atoms. The van der Waals surface area contributed by atoms with E-state index in [9.17, 15) is 4.39 Å². The van der Waals surface area contributed by atoms with Gasteiger partial charge in [0, 0.05) is 18.8 Å². The van der Waals surface area contributed by atoms with Crippen molar-refractivity contribution >= 4 is 5.82 Å². The Morgan fingerprint density at radius 2 is 2.28 bits per heavy atom. The molecule has 1 aromatic rings. The van der Waals surface area contributed by atoms with Crippen LogP contribution < -0.4 is 10.6 Å². The van der Waals surface area contributed by atoms with Crippen molar-refractivity contribution in [2.75, 3.05) is 25.0 Å². The molecule has 0 bridgehead atoms. The minimum Gasteiger partial charge on any atom is -0.370 e. The van der Waals surface area contributed by atoms with Gasteiger partial charge in [-0.3, -0.25) is 0 Å². The second-order valence-corrected chi connectivity index (χ2v) is 5.42. The first-order chi connectivity index (χ1) is 8.75. The summed E-state index contributed by atoms with van der Waals surface area (Å²) in [4.78, 5) is 4.61. The molecule has 0 aromatic carbocycles. The fourth-order valence-corrected chi connectivity index (χ4v) is 2.79. The second kappa shape index (κ2) is 4.84. The van der Waals surface area contributed by atoms with Crippen LogP contribution in [-0.2, 0) is 12.8 Å². The summed E-state index contributed by atoms with van der Waals surface area (Å²) in [6.45, 7) is 2.30. The highest BCUT2D eigenvalue weighted by molar-refractivity contribution is 5.47. The van der Waals surface area contributed by atoms with E-state index in [1.807, 2.05) is 0 Å². The number of alkyl halides is 1. The van der Waals surface area contributed by atoms with E-state index in [-0.39, 0.29) is 0 Å². The maximum absolute atomic E-state index is 14.2. The second-order valence-electron chi connectivity index (χ2n) is 5.42. The molecule has 0 radical (unpaired) electrons. The Morgan fingerprint density at radius 1 is 1.33 bits per heavy atom. The molecule has 1 atom stereocenters. The lowest BCUT2D eigenvalue weighted by atomic mass is 9.97. The van der Waals surface area contributed by atoms with Crippen molar-refractivity contribution in [1.29, 1.82) is 0 Å². The van der Waals surface area contributed by atoms with Crippen LogP contribution in [0.5, 0.6) is 0 Å². The summed E-state index contributed by atoms with van der Waals surface area (Å²) in [6, 6.07) is 4.19. The lowest BCUT2D eigenvalue weighted by Crippen LogP contribution is -2.26. The smallest absolute Gasteiger partial charge is 0.129 e. The number of nitrogens with one attached hydrogen (secondary N) is 2. The number of hydrogen-bond donors (Lipinski definition) is 2. The monoisotopic (exact) mass is 249 g/mol. The van der Waals surface area contributed by atoms with Crippen LogP contribution in [0.4, 0.5) is 10.2 Å². The van der Waals surface area contributed by atoms with E-state index in [0.717, 1.165) is 37.4 Å². The average Bonchev–Trinajstić information content (AvgIpc) is 2.84. The maximum Gasteiger partial charge on any atom is 0.129 e. The number of aromatic nitrogens is 1. The Balaban J connectivity index is 1.66. The van der Waals surface area contributed by atoms with Gasteiger partial charge >= 0.3 is 0 Å². The number of anilines is 1. The van der Waals surface area contributed by atoms with Crippen molar-refractivity contribution in [2.24, 2.45) is 0 Å². The first-order valence-corrected chi connectivity index (χ1v) is 6.88. The van der Waals surface area contributed by atoms with Crippen molar-refractivity contribution < 1.29 is 4.39 Å². The van der Waals surface area contributed by atoms with Gasteiger partial charge in [0.2, 0.25) is 0 Å². The predicted octanol–water partition coefficient (Wildman–Crippen LogP) is 2.07. The zero-order valence-corrected chi connectivity index (χ0v) is 10.6. The zero-order valence-electron chi connectivity index (χ0n) is 10.6. The molecule has 2 aliphatic heterocycles. The number of rotatable bonds is 3. The van der Waals surface area contributed by atoms with Crippen molar-refractivity contribution in [3.05, 3.63) is 23.4 Å². The van der Waals surface area contributed by atoms with Gasteiger partial charge in [0.15, 0.2) is 0 Å². The van der Waals surface area contributed by atoms with Crippen LogP contribution in [0.15, 0.2) is 12.1 Å². The lowest BCUT2D eigenvalue weighted by molar-refractivity contribution is 0.176. The summed E-state index contributed by atoms with van der Waals surface area (Å²) in [5.74, 6) is 1.01. The molecule has 0 aliphatic carbocycles. The number of nitrogens with zero attached hydrogens (tertiary/aromatic N) is 1. The maximum atomic E-state index is 14.2. The van der Waals surface area contributed by atoms with E-state index in [0.29, 0.717) is 19.4 Å².